The van der Waals surface area contributed by atoms with E-state index in [1.54, 1.807) is 13.8 Å². The Morgan fingerprint density at radius 1 is 1.56 bits per heavy atom. The quantitative estimate of drug-likeness (QED) is 0.629. The van der Waals surface area contributed by atoms with Crippen LogP contribution in [0.3, 0.4) is 0 Å². The van der Waals surface area contributed by atoms with E-state index in [0.717, 1.165) is 12.8 Å². The molecule has 16 heavy (non-hydrogen) atoms. The zero-order chi connectivity index (χ0) is 12.1. The zero-order valence-corrected chi connectivity index (χ0v) is 9.91. The summed E-state index contributed by atoms with van der Waals surface area (Å²) >= 11 is 0. The lowest BCUT2D eigenvalue weighted by atomic mass is 10.1. The largest absolute Gasteiger partial charge is 0.507 e. The Hall–Kier alpha value is -1.58. The van der Waals surface area contributed by atoms with Crippen molar-refractivity contribution in [1.82, 2.24) is 0 Å². The third-order valence-corrected chi connectivity index (χ3v) is 2.28. The maximum absolute atomic E-state index is 11.5. The van der Waals surface area contributed by atoms with Crippen LogP contribution in [-0.4, -0.2) is 17.4 Å². The molecule has 0 bridgehead atoms. The summed E-state index contributed by atoms with van der Waals surface area (Å²) in [7, 11) is 0. The number of aromatic hydroxyl groups is 1. The molecule has 0 unspecified atom stereocenters. The number of unbranched alkanes of at least 4 members (excludes halogenated alkanes) is 1. The lowest BCUT2D eigenvalue weighted by Crippen LogP contribution is -2.13. The number of aryl methyl sites for hydroxylation is 1. The predicted molar refractivity (Wildman–Crippen MR) is 63.4 cm³/mol. The lowest BCUT2D eigenvalue weighted by Gasteiger charge is -2.03. The minimum Gasteiger partial charge on any atom is -0.507 e. The minimum absolute atomic E-state index is 0.0634. The Kier molecular flexibility index (Phi) is 4.28. The lowest BCUT2D eigenvalue weighted by molar-refractivity contribution is 0.432. The second-order valence-electron chi connectivity index (χ2n) is 3.73. The topological polar surface area (TPSA) is 62.8 Å². The van der Waals surface area contributed by atoms with Crippen molar-refractivity contribution in [3.05, 3.63) is 27.8 Å². The first-order chi connectivity index (χ1) is 7.56. The molecule has 0 aliphatic carbocycles. The summed E-state index contributed by atoms with van der Waals surface area (Å²) in [5, 5.41) is 9.66. The van der Waals surface area contributed by atoms with Gasteiger partial charge in [0.2, 0.25) is 0 Å². The number of aliphatic imine (C=N–C) groups is 1. The van der Waals surface area contributed by atoms with Gasteiger partial charge in [0, 0.05) is 12.6 Å². The van der Waals surface area contributed by atoms with Crippen molar-refractivity contribution in [3.63, 3.8) is 0 Å². The molecule has 0 aromatic carbocycles. The third kappa shape index (κ3) is 2.95. The van der Waals surface area contributed by atoms with Gasteiger partial charge < -0.3 is 9.52 Å². The summed E-state index contributed by atoms with van der Waals surface area (Å²) in [6.45, 7) is 6.06. The van der Waals surface area contributed by atoms with Gasteiger partial charge in [-0.15, -0.1) is 0 Å². The molecule has 0 saturated carbocycles. The van der Waals surface area contributed by atoms with Crippen LogP contribution in [0.25, 0.3) is 0 Å². The average Bonchev–Trinajstić information content (AvgIpc) is 2.16. The first-order valence-corrected chi connectivity index (χ1v) is 5.41. The molecular formula is C12H17NO3. The number of hydrogen-bond donors (Lipinski definition) is 1. The summed E-state index contributed by atoms with van der Waals surface area (Å²) in [6.07, 6.45) is 2.01. The molecule has 0 aliphatic rings. The fraction of sp³-hybridized carbons (Fsp3) is 0.500. The van der Waals surface area contributed by atoms with Crippen molar-refractivity contribution < 1.29 is 9.52 Å². The Morgan fingerprint density at radius 3 is 2.81 bits per heavy atom. The van der Waals surface area contributed by atoms with Crippen LogP contribution in [0.4, 0.5) is 0 Å². The molecule has 0 spiro atoms. The van der Waals surface area contributed by atoms with Gasteiger partial charge in [-0.05, 0) is 20.3 Å². The monoisotopic (exact) mass is 223 g/mol. The van der Waals surface area contributed by atoms with Crippen LogP contribution in [0.15, 0.2) is 20.3 Å². The van der Waals surface area contributed by atoms with Gasteiger partial charge in [0.1, 0.15) is 17.1 Å². The Balaban J connectivity index is 3.04. The molecule has 1 N–H and O–H groups in total. The van der Waals surface area contributed by atoms with Crippen LogP contribution in [0, 0.1) is 6.92 Å². The van der Waals surface area contributed by atoms with Crippen LogP contribution in [0.1, 0.15) is 38.0 Å². The van der Waals surface area contributed by atoms with E-state index in [2.05, 4.69) is 11.9 Å². The maximum atomic E-state index is 11.5. The molecule has 4 nitrogen and oxygen atoms in total. The number of hydrogen-bond acceptors (Lipinski definition) is 4. The highest BCUT2D eigenvalue weighted by atomic mass is 16.4. The van der Waals surface area contributed by atoms with Crippen LogP contribution in [-0.2, 0) is 0 Å². The Bertz CT molecular complexity index is 446. The summed E-state index contributed by atoms with van der Waals surface area (Å²) in [6, 6.07) is 1.43. The first-order valence-electron chi connectivity index (χ1n) is 5.41. The molecule has 0 fully saturated rings. The van der Waals surface area contributed by atoms with Crippen molar-refractivity contribution in [3.8, 4) is 5.75 Å². The van der Waals surface area contributed by atoms with Gasteiger partial charge in [0.25, 0.3) is 0 Å². The SMILES string of the molecule is CCCCN=C(C)c1c(O)cc(C)oc1=O. The van der Waals surface area contributed by atoms with Crippen LogP contribution >= 0.6 is 0 Å². The standard InChI is InChI=1S/C12H17NO3/c1-4-5-6-13-9(3)11-10(14)7-8(2)16-12(11)15/h7,14H,4-6H2,1-3H3. The normalized spacial score (nSPS) is 11.8. The van der Waals surface area contributed by atoms with Gasteiger partial charge in [-0.3, -0.25) is 4.99 Å². The van der Waals surface area contributed by atoms with Crippen LogP contribution < -0.4 is 5.63 Å². The van der Waals surface area contributed by atoms with Gasteiger partial charge in [0.15, 0.2) is 0 Å². The summed E-state index contributed by atoms with van der Waals surface area (Å²) in [5.41, 5.74) is 0.164. The molecular weight excluding hydrogens is 206 g/mol. The zero-order valence-electron chi connectivity index (χ0n) is 9.91. The van der Waals surface area contributed by atoms with E-state index in [-0.39, 0.29) is 11.3 Å². The van der Waals surface area contributed by atoms with E-state index in [4.69, 9.17) is 4.42 Å². The molecule has 0 aliphatic heterocycles. The average molecular weight is 223 g/mol. The molecule has 0 saturated heterocycles. The van der Waals surface area contributed by atoms with Gasteiger partial charge in [0.05, 0.1) is 5.71 Å². The summed E-state index contributed by atoms with van der Waals surface area (Å²) < 4.78 is 4.92. The molecule has 0 amide bonds. The van der Waals surface area contributed by atoms with Crippen molar-refractivity contribution in [2.24, 2.45) is 4.99 Å². The first kappa shape index (κ1) is 12.5. The second-order valence-corrected chi connectivity index (χ2v) is 3.73. The highest BCUT2D eigenvalue weighted by molar-refractivity contribution is 6.00. The summed E-state index contributed by atoms with van der Waals surface area (Å²) in [5.74, 6) is 0.333. The van der Waals surface area contributed by atoms with Crippen molar-refractivity contribution >= 4 is 5.71 Å². The second kappa shape index (κ2) is 5.49. The van der Waals surface area contributed by atoms with Crippen molar-refractivity contribution in [2.45, 2.75) is 33.6 Å². The van der Waals surface area contributed by atoms with E-state index in [0.29, 0.717) is 18.0 Å². The van der Waals surface area contributed by atoms with Gasteiger partial charge in [-0.2, -0.15) is 0 Å². The fourth-order valence-corrected chi connectivity index (χ4v) is 1.41. The van der Waals surface area contributed by atoms with E-state index in [1.165, 1.54) is 6.07 Å². The van der Waals surface area contributed by atoms with E-state index < -0.39 is 5.63 Å². The van der Waals surface area contributed by atoms with Gasteiger partial charge in [-0.1, -0.05) is 13.3 Å². The molecule has 88 valence electrons. The van der Waals surface area contributed by atoms with Gasteiger partial charge in [-0.25, -0.2) is 4.79 Å². The molecule has 1 aromatic heterocycles. The molecule has 4 heteroatoms. The van der Waals surface area contributed by atoms with Gasteiger partial charge >= 0.3 is 5.63 Å². The number of rotatable bonds is 4. The maximum Gasteiger partial charge on any atom is 0.348 e. The van der Waals surface area contributed by atoms with E-state index >= 15 is 0 Å². The molecule has 0 atom stereocenters. The minimum atomic E-state index is -0.532. The molecule has 1 heterocycles. The molecule has 1 rings (SSSR count). The van der Waals surface area contributed by atoms with Crippen LogP contribution in [0.2, 0.25) is 0 Å². The predicted octanol–water partition coefficient (Wildman–Crippen LogP) is 2.26. The van der Waals surface area contributed by atoms with Crippen LogP contribution in [0.5, 0.6) is 5.75 Å². The van der Waals surface area contributed by atoms with Crippen molar-refractivity contribution in [1.29, 1.82) is 0 Å². The highest BCUT2D eigenvalue weighted by Gasteiger charge is 2.12. The smallest absolute Gasteiger partial charge is 0.348 e. The van der Waals surface area contributed by atoms with E-state index in [9.17, 15) is 9.90 Å². The Labute approximate surface area is 94.6 Å². The molecule has 0 radical (unpaired) electrons. The Morgan fingerprint density at radius 2 is 2.25 bits per heavy atom. The highest BCUT2D eigenvalue weighted by Crippen LogP contribution is 2.15. The fourth-order valence-electron chi connectivity index (χ4n) is 1.41. The van der Waals surface area contributed by atoms with Crippen molar-refractivity contribution in [2.75, 3.05) is 6.54 Å². The molecule has 1 aromatic rings. The third-order valence-electron chi connectivity index (χ3n) is 2.28. The summed E-state index contributed by atoms with van der Waals surface area (Å²) in [4.78, 5) is 15.8. The number of nitrogens with zero attached hydrogens (tertiary/aromatic N) is 1. The van der Waals surface area contributed by atoms with E-state index in [1.807, 2.05) is 0 Å².